The molecular weight excluding hydrogens is 256 g/mol. The summed E-state index contributed by atoms with van der Waals surface area (Å²) in [6.45, 7) is 4.73. The molecule has 82 valence electrons. The van der Waals surface area contributed by atoms with Crippen molar-refractivity contribution in [3.05, 3.63) is 22.3 Å². The molecule has 2 rings (SSSR count). The summed E-state index contributed by atoms with van der Waals surface area (Å²) in [7, 11) is 0. The van der Waals surface area contributed by atoms with Crippen molar-refractivity contribution in [3.8, 4) is 0 Å². The highest BCUT2D eigenvalue weighted by Crippen LogP contribution is 2.17. The first kappa shape index (κ1) is 10.9. The molecule has 1 atom stereocenters. The maximum absolute atomic E-state index is 5.32. The molecule has 0 aliphatic carbocycles. The van der Waals surface area contributed by atoms with Gasteiger partial charge >= 0.3 is 0 Å². The molecule has 0 radical (unpaired) electrons. The van der Waals surface area contributed by atoms with Crippen LogP contribution >= 0.6 is 15.9 Å². The Labute approximate surface area is 98.4 Å². The van der Waals surface area contributed by atoms with E-state index in [4.69, 9.17) is 4.74 Å². The Morgan fingerprint density at radius 1 is 1.60 bits per heavy atom. The van der Waals surface area contributed by atoms with Gasteiger partial charge in [-0.1, -0.05) is 0 Å². The molecule has 15 heavy (non-hydrogen) atoms. The Morgan fingerprint density at radius 2 is 2.47 bits per heavy atom. The molecule has 1 N–H and O–H groups in total. The van der Waals surface area contributed by atoms with Gasteiger partial charge < -0.3 is 10.1 Å². The number of nitrogens with zero attached hydrogens (tertiary/aromatic N) is 1. The summed E-state index contributed by atoms with van der Waals surface area (Å²) in [5.41, 5.74) is 1.02. The average molecular weight is 271 g/mol. The van der Waals surface area contributed by atoms with E-state index in [2.05, 4.69) is 26.2 Å². The Hall–Kier alpha value is -0.610. The second kappa shape index (κ2) is 4.94. The van der Waals surface area contributed by atoms with Gasteiger partial charge in [0.25, 0.3) is 0 Å². The molecule has 1 unspecified atom stereocenters. The second-order valence-corrected chi connectivity index (χ2v) is 4.73. The van der Waals surface area contributed by atoms with Crippen molar-refractivity contribution < 1.29 is 4.74 Å². The van der Waals surface area contributed by atoms with Gasteiger partial charge in [0.1, 0.15) is 5.82 Å². The normalized spacial score (nSPS) is 20.5. The van der Waals surface area contributed by atoms with Crippen LogP contribution in [0.3, 0.4) is 0 Å². The maximum Gasteiger partial charge on any atom is 0.126 e. The van der Waals surface area contributed by atoms with Crippen molar-refractivity contribution in [3.63, 3.8) is 0 Å². The Kier molecular flexibility index (Phi) is 3.59. The SMILES string of the molecule is Cc1nc(NCC2CCOC2)ccc1Br. The zero-order valence-corrected chi connectivity index (χ0v) is 10.4. The molecule has 0 spiro atoms. The number of halogens is 1. The molecule has 1 aromatic rings. The minimum atomic E-state index is 0.635. The van der Waals surface area contributed by atoms with E-state index in [1.165, 1.54) is 0 Å². The van der Waals surface area contributed by atoms with Crippen molar-refractivity contribution in [2.24, 2.45) is 5.92 Å². The highest BCUT2D eigenvalue weighted by atomic mass is 79.9. The van der Waals surface area contributed by atoms with E-state index in [0.29, 0.717) is 5.92 Å². The van der Waals surface area contributed by atoms with E-state index in [-0.39, 0.29) is 0 Å². The van der Waals surface area contributed by atoms with Crippen LogP contribution < -0.4 is 5.32 Å². The number of hydrogen-bond donors (Lipinski definition) is 1. The van der Waals surface area contributed by atoms with E-state index >= 15 is 0 Å². The van der Waals surface area contributed by atoms with Crippen LogP contribution in [0.15, 0.2) is 16.6 Å². The molecule has 1 aliphatic rings. The van der Waals surface area contributed by atoms with Gasteiger partial charge in [0.2, 0.25) is 0 Å². The number of rotatable bonds is 3. The van der Waals surface area contributed by atoms with Crippen molar-refractivity contribution in [1.29, 1.82) is 0 Å². The van der Waals surface area contributed by atoms with E-state index < -0.39 is 0 Å². The van der Waals surface area contributed by atoms with Crippen LogP contribution in [0.5, 0.6) is 0 Å². The number of hydrogen-bond acceptors (Lipinski definition) is 3. The average Bonchev–Trinajstić information content (AvgIpc) is 2.73. The lowest BCUT2D eigenvalue weighted by Crippen LogP contribution is -2.14. The number of aryl methyl sites for hydroxylation is 1. The lowest BCUT2D eigenvalue weighted by molar-refractivity contribution is 0.187. The second-order valence-electron chi connectivity index (χ2n) is 3.87. The fourth-order valence-corrected chi connectivity index (χ4v) is 1.86. The van der Waals surface area contributed by atoms with Gasteiger partial charge in [-0.05, 0) is 41.4 Å². The first-order valence-corrected chi connectivity index (χ1v) is 6.00. The zero-order chi connectivity index (χ0) is 10.7. The third-order valence-electron chi connectivity index (χ3n) is 2.62. The highest BCUT2D eigenvalue weighted by Gasteiger charge is 2.15. The summed E-state index contributed by atoms with van der Waals surface area (Å²) in [5.74, 6) is 1.58. The van der Waals surface area contributed by atoms with E-state index in [1.54, 1.807) is 0 Å². The smallest absolute Gasteiger partial charge is 0.126 e. The van der Waals surface area contributed by atoms with Crippen LogP contribution in [-0.2, 0) is 4.74 Å². The Bertz CT molecular complexity index is 337. The van der Waals surface area contributed by atoms with Gasteiger partial charge in [-0.2, -0.15) is 0 Å². The van der Waals surface area contributed by atoms with Gasteiger partial charge in [0.15, 0.2) is 0 Å². The standard InChI is InChI=1S/C11H15BrN2O/c1-8-10(12)2-3-11(14-8)13-6-9-4-5-15-7-9/h2-3,9H,4-7H2,1H3,(H,13,14). The van der Waals surface area contributed by atoms with Gasteiger partial charge in [-0.3, -0.25) is 0 Å². The number of nitrogens with one attached hydrogen (secondary N) is 1. The predicted molar refractivity (Wildman–Crippen MR) is 64.1 cm³/mol. The molecule has 0 saturated carbocycles. The van der Waals surface area contributed by atoms with Crippen LogP contribution in [0.1, 0.15) is 12.1 Å². The number of anilines is 1. The van der Waals surface area contributed by atoms with Gasteiger partial charge in [-0.25, -0.2) is 4.98 Å². The quantitative estimate of drug-likeness (QED) is 0.917. The first-order chi connectivity index (χ1) is 7.25. The molecule has 0 amide bonds. The molecular formula is C11H15BrN2O. The maximum atomic E-state index is 5.32. The third-order valence-corrected chi connectivity index (χ3v) is 3.46. The van der Waals surface area contributed by atoms with Crippen LogP contribution in [0.25, 0.3) is 0 Å². The molecule has 2 heterocycles. The predicted octanol–water partition coefficient (Wildman–Crippen LogP) is 2.60. The summed E-state index contributed by atoms with van der Waals surface area (Å²) in [5, 5.41) is 3.34. The minimum absolute atomic E-state index is 0.635. The minimum Gasteiger partial charge on any atom is -0.381 e. The Balaban J connectivity index is 1.90. The number of ether oxygens (including phenoxy) is 1. The van der Waals surface area contributed by atoms with Crippen LogP contribution in [0, 0.1) is 12.8 Å². The van der Waals surface area contributed by atoms with Gasteiger partial charge in [0.05, 0.1) is 12.3 Å². The molecule has 1 saturated heterocycles. The molecule has 1 fully saturated rings. The topological polar surface area (TPSA) is 34.2 Å². The molecule has 0 aromatic carbocycles. The van der Waals surface area contributed by atoms with Gasteiger partial charge in [0, 0.05) is 23.5 Å². The van der Waals surface area contributed by atoms with Crippen LogP contribution in [-0.4, -0.2) is 24.7 Å². The fraction of sp³-hybridized carbons (Fsp3) is 0.545. The number of aromatic nitrogens is 1. The van der Waals surface area contributed by atoms with E-state index in [1.807, 2.05) is 19.1 Å². The summed E-state index contributed by atoms with van der Waals surface area (Å²) < 4.78 is 6.37. The van der Waals surface area contributed by atoms with Crippen molar-refractivity contribution in [1.82, 2.24) is 4.98 Å². The Morgan fingerprint density at radius 3 is 3.13 bits per heavy atom. The zero-order valence-electron chi connectivity index (χ0n) is 8.79. The molecule has 3 nitrogen and oxygen atoms in total. The summed E-state index contributed by atoms with van der Waals surface area (Å²) in [6, 6.07) is 4.02. The third kappa shape index (κ3) is 2.92. The summed E-state index contributed by atoms with van der Waals surface area (Å²) in [4.78, 5) is 4.43. The van der Waals surface area contributed by atoms with Crippen LogP contribution in [0.2, 0.25) is 0 Å². The fourth-order valence-electron chi connectivity index (χ4n) is 1.64. The summed E-state index contributed by atoms with van der Waals surface area (Å²) in [6.07, 6.45) is 1.16. The monoisotopic (exact) mass is 270 g/mol. The number of pyridine rings is 1. The van der Waals surface area contributed by atoms with Crippen molar-refractivity contribution >= 4 is 21.7 Å². The largest absolute Gasteiger partial charge is 0.381 e. The van der Waals surface area contributed by atoms with E-state index in [9.17, 15) is 0 Å². The first-order valence-electron chi connectivity index (χ1n) is 5.20. The van der Waals surface area contributed by atoms with Crippen molar-refractivity contribution in [2.75, 3.05) is 25.1 Å². The molecule has 0 bridgehead atoms. The molecule has 1 aromatic heterocycles. The lowest BCUT2D eigenvalue weighted by Gasteiger charge is -2.10. The highest BCUT2D eigenvalue weighted by molar-refractivity contribution is 9.10. The molecule has 4 heteroatoms. The summed E-state index contributed by atoms with van der Waals surface area (Å²) >= 11 is 3.44. The molecule has 1 aliphatic heterocycles. The lowest BCUT2D eigenvalue weighted by atomic mass is 10.1. The van der Waals surface area contributed by atoms with E-state index in [0.717, 1.165) is 42.2 Å². The van der Waals surface area contributed by atoms with Gasteiger partial charge in [-0.15, -0.1) is 0 Å². The van der Waals surface area contributed by atoms with Crippen LogP contribution in [0.4, 0.5) is 5.82 Å². The van der Waals surface area contributed by atoms with Crippen molar-refractivity contribution in [2.45, 2.75) is 13.3 Å².